The summed E-state index contributed by atoms with van der Waals surface area (Å²) in [6.07, 6.45) is 4.14. The molecule has 1 atom stereocenters. The molecule has 5 nitrogen and oxygen atoms in total. The summed E-state index contributed by atoms with van der Waals surface area (Å²) in [4.78, 5) is 18.9. The van der Waals surface area contributed by atoms with Crippen LogP contribution in [-0.2, 0) is 4.74 Å². The lowest BCUT2D eigenvalue weighted by atomic mass is 10.2. The van der Waals surface area contributed by atoms with Crippen LogP contribution in [-0.4, -0.2) is 36.7 Å². The largest absolute Gasteiger partial charge is 0.382 e. The van der Waals surface area contributed by atoms with Crippen LogP contribution in [0.15, 0.2) is 42.6 Å². The van der Waals surface area contributed by atoms with Crippen LogP contribution in [0.1, 0.15) is 35.8 Å². The number of ether oxygens (including phenoxy) is 1. The van der Waals surface area contributed by atoms with E-state index in [4.69, 9.17) is 4.74 Å². The molecule has 2 heterocycles. The first-order chi connectivity index (χ1) is 12.2. The van der Waals surface area contributed by atoms with Crippen LogP contribution in [0.25, 0.3) is 0 Å². The van der Waals surface area contributed by atoms with Gasteiger partial charge in [-0.05, 0) is 56.5 Å². The lowest BCUT2D eigenvalue weighted by Gasteiger charge is -2.21. The van der Waals surface area contributed by atoms with Crippen LogP contribution in [0.5, 0.6) is 0 Å². The molecule has 1 fully saturated rings. The van der Waals surface area contributed by atoms with Crippen molar-refractivity contribution in [2.24, 2.45) is 0 Å². The van der Waals surface area contributed by atoms with Crippen LogP contribution in [0.2, 0.25) is 0 Å². The summed E-state index contributed by atoms with van der Waals surface area (Å²) in [5.74, 6) is -0.0890. The average Bonchev–Trinajstić information content (AvgIpc) is 3.14. The zero-order valence-electron chi connectivity index (χ0n) is 14.9. The van der Waals surface area contributed by atoms with E-state index >= 15 is 0 Å². The molecular weight excluding hydrogens is 314 g/mol. The Kier molecular flexibility index (Phi) is 5.66. The second-order valence-electron chi connectivity index (χ2n) is 6.33. The minimum atomic E-state index is -0.0890. The van der Waals surface area contributed by atoms with E-state index in [0.717, 1.165) is 42.9 Å². The summed E-state index contributed by atoms with van der Waals surface area (Å²) in [7, 11) is 0. The molecule has 1 N–H and O–H groups in total. The summed E-state index contributed by atoms with van der Waals surface area (Å²) in [5.41, 5.74) is 3.37. The molecule has 1 aliphatic rings. The highest BCUT2D eigenvalue weighted by molar-refractivity contribution is 6.05. The van der Waals surface area contributed by atoms with Crippen molar-refractivity contribution in [1.29, 1.82) is 0 Å². The van der Waals surface area contributed by atoms with E-state index in [-0.39, 0.29) is 12.0 Å². The number of pyridine rings is 1. The zero-order chi connectivity index (χ0) is 17.6. The molecule has 0 radical (unpaired) electrons. The fourth-order valence-corrected chi connectivity index (χ4v) is 3.07. The highest BCUT2D eigenvalue weighted by Crippen LogP contribution is 2.19. The van der Waals surface area contributed by atoms with Crippen molar-refractivity contribution in [1.82, 2.24) is 4.98 Å². The third-order valence-electron chi connectivity index (χ3n) is 4.41. The Morgan fingerprint density at radius 3 is 2.96 bits per heavy atom. The number of carbonyl (C=O) groups is 1. The maximum atomic E-state index is 12.9. The highest BCUT2D eigenvalue weighted by atomic mass is 16.5. The fraction of sp³-hybridized carbons (Fsp3) is 0.400. The first-order valence-electron chi connectivity index (χ1n) is 8.87. The second kappa shape index (κ2) is 8.12. The molecule has 3 rings (SSSR count). The van der Waals surface area contributed by atoms with Crippen LogP contribution in [0.4, 0.5) is 11.4 Å². The van der Waals surface area contributed by atoms with Crippen molar-refractivity contribution < 1.29 is 9.53 Å². The lowest BCUT2D eigenvalue weighted by Crippen LogP contribution is -2.31. The second-order valence-corrected chi connectivity index (χ2v) is 6.33. The number of nitrogens with one attached hydrogen (secondary N) is 1. The van der Waals surface area contributed by atoms with Gasteiger partial charge in [0.05, 0.1) is 6.10 Å². The normalized spacial score (nSPS) is 16.6. The lowest BCUT2D eigenvalue weighted by molar-refractivity contribution is 0.0983. The van der Waals surface area contributed by atoms with Crippen molar-refractivity contribution in [2.75, 3.05) is 29.9 Å². The molecule has 0 saturated carbocycles. The maximum Gasteiger partial charge on any atom is 0.276 e. The van der Waals surface area contributed by atoms with E-state index in [2.05, 4.69) is 10.3 Å². The van der Waals surface area contributed by atoms with Crippen molar-refractivity contribution in [3.63, 3.8) is 0 Å². The predicted molar refractivity (Wildman–Crippen MR) is 100 cm³/mol. The van der Waals surface area contributed by atoms with Gasteiger partial charge in [0.2, 0.25) is 0 Å². The van der Waals surface area contributed by atoms with Gasteiger partial charge in [0, 0.05) is 37.3 Å². The van der Waals surface area contributed by atoms with Gasteiger partial charge >= 0.3 is 0 Å². The molecule has 132 valence electrons. The Bertz CT molecular complexity index is 726. The molecular formula is C20H25N3O2. The molecule has 1 unspecified atom stereocenters. The van der Waals surface area contributed by atoms with Crippen LogP contribution in [0.3, 0.4) is 0 Å². The van der Waals surface area contributed by atoms with Gasteiger partial charge < -0.3 is 15.0 Å². The van der Waals surface area contributed by atoms with E-state index in [0.29, 0.717) is 12.2 Å². The number of carbonyl (C=O) groups excluding carboxylic acids is 1. The summed E-state index contributed by atoms with van der Waals surface area (Å²) in [6.45, 7) is 6.19. The summed E-state index contributed by atoms with van der Waals surface area (Å²) >= 11 is 0. The third-order valence-corrected chi connectivity index (χ3v) is 4.41. The minimum absolute atomic E-state index is 0.0890. The van der Waals surface area contributed by atoms with Crippen LogP contribution in [0, 0.1) is 6.92 Å². The van der Waals surface area contributed by atoms with Crippen LogP contribution < -0.4 is 10.2 Å². The van der Waals surface area contributed by atoms with Gasteiger partial charge in [0.1, 0.15) is 5.69 Å². The third kappa shape index (κ3) is 4.37. The monoisotopic (exact) mass is 339 g/mol. The quantitative estimate of drug-likeness (QED) is 0.873. The van der Waals surface area contributed by atoms with Crippen molar-refractivity contribution in [3.05, 3.63) is 53.9 Å². The molecule has 2 aromatic rings. The molecule has 1 saturated heterocycles. The number of amides is 1. The number of rotatable bonds is 6. The predicted octanol–water partition coefficient (Wildman–Crippen LogP) is 3.65. The van der Waals surface area contributed by atoms with E-state index in [1.165, 1.54) is 0 Å². The number of nitrogens with zero attached hydrogens (tertiary/aromatic N) is 2. The molecule has 1 aromatic carbocycles. The average molecular weight is 339 g/mol. The first-order valence-corrected chi connectivity index (χ1v) is 8.87. The molecule has 25 heavy (non-hydrogen) atoms. The molecule has 1 amide bonds. The number of anilines is 2. The van der Waals surface area contributed by atoms with Gasteiger partial charge in [-0.3, -0.25) is 9.78 Å². The molecule has 0 spiro atoms. The summed E-state index contributed by atoms with van der Waals surface area (Å²) < 4.78 is 5.62. The number of benzene rings is 1. The molecule has 0 bridgehead atoms. The topological polar surface area (TPSA) is 54.5 Å². The molecule has 1 aliphatic heterocycles. The van der Waals surface area contributed by atoms with Crippen LogP contribution >= 0.6 is 0 Å². The van der Waals surface area contributed by atoms with E-state index in [1.54, 1.807) is 11.1 Å². The highest BCUT2D eigenvalue weighted by Gasteiger charge is 2.19. The number of aromatic nitrogens is 1. The summed E-state index contributed by atoms with van der Waals surface area (Å²) in [5, 5.41) is 3.35. The Morgan fingerprint density at radius 2 is 2.24 bits per heavy atom. The van der Waals surface area contributed by atoms with E-state index in [1.807, 2.05) is 50.2 Å². The number of hydrogen-bond donors (Lipinski definition) is 1. The molecule has 1 aromatic heterocycles. The van der Waals surface area contributed by atoms with Gasteiger partial charge in [-0.1, -0.05) is 12.1 Å². The van der Waals surface area contributed by atoms with Crippen molar-refractivity contribution in [3.8, 4) is 0 Å². The smallest absolute Gasteiger partial charge is 0.276 e. The number of aryl methyl sites for hydroxylation is 1. The Hall–Kier alpha value is -2.40. The van der Waals surface area contributed by atoms with Gasteiger partial charge in [-0.25, -0.2) is 0 Å². The first kappa shape index (κ1) is 17.4. The Balaban J connectivity index is 1.73. The van der Waals surface area contributed by atoms with Gasteiger partial charge in [-0.15, -0.1) is 0 Å². The Labute approximate surface area is 149 Å². The maximum absolute atomic E-state index is 12.9. The molecule has 5 heteroatoms. The molecule has 0 aliphatic carbocycles. The fourth-order valence-electron chi connectivity index (χ4n) is 3.07. The standard InChI is InChI=1S/C20H25N3O2/c1-3-23(17-7-4-6-15(2)12-17)20(24)19-13-16(9-10-21-19)22-14-18-8-5-11-25-18/h4,6-7,9-10,12-13,18H,3,5,8,11,14H2,1-2H3,(H,21,22). The SMILES string of the molecule is CCN(C(=O)c1cc(NCC2CCCO2)ccn1)c1cccc(C)c1. The van der Waals surface area contributed by atoms with E-state index in [9.17, 15) is 4.79 Å². The van der Waals surface area contributed by atoms with Crippen molar-refractivity contribution >= 4 is 17.3 Å². The van der Waals surface area contributed by atoms with E-state index < -0.39 is 0 Å². The Morgan fingerprint density at radius 1 is 1.36 bits per heavy atom. The van der Waals surface area contributed by atoms with Gasteiger partial charge in [0.25, 0.3) is 5.91 Å². The number of hydrogen-bond acceptors (Lipinski definition) is 4. The minimum Gasteiger partial charge on any atom is -0.382 e. The zero-order valence-corrected chi connectivity index (χ0v) is 14.9. The van der Waals surface area contributed by atoms with Gasteiger partial charge in [0.15, 0.2) is 0 Å². The summed E-state index contributed by atoms with van der Waals surface area (Å²) in [6, 6.07) is 11.7. The van der Waals surface area contributed by atoms with Crippen molar-refractivity contribution in [2.45, 2.75) is 32.8 Å². The van der Waals surface area contributed by atoms with Gasteiger partial charge in [-0.2, -0.15) is 0 Å².